The zero-order valence-corrected chi connectivity index (χ0v) is 18.4. The van der Waals surface area contributed by atoms with Crippen molar-refractivity contribution in [2.45, 2.75) is 44.1 Å². The van der Waals surface area contributed by atoms with Gasteiger partial charge in [-0.2, -0.15) is 0 Å². The Bertz CT molecular complexity index is 1160. The molecular weight excluding hydrogens is 414 g/mol. The third-order valence-electron chi connectivity index (χ3n) is 6.82. The SMILES string of the molecule is O=C(N[C@@H](CCc1ccc2c(c1)CCC2)C(=O)O)OCC1c2ccccc2-c2ccccc21. The van der Waals surface area contributed by atoms with E-state index in [0.29, 0.717) is 12.8 Å². The Morgan fingerprint density at radius 1 is 0.939 bits per heavy atom. The van der Waals surface area contributed by atoms with Crippen LogP contribution in [0.25, 0.3) is 11.1 Å². The molecule has 0 heterocycles. The van der Waals surface area contributed by atoms with Gasteiger partial charge in [0, 0.05) is 5.92 Å². The van der Waals surface area contributed by atoms with Crippen LogP contribution in [0.15, 0.2) is 66.7 Å². The summed E-state index contributed by atoms with van der Waals surface area (Å²) in [4.78, 5) is 24.3. The highest BCUT2D eigenvalue weighted by Gasteiger charge is 2.29. The van der Waals surface area contributed by atoms with Crippen LogP contribution in [0.4, 0.5) is 4.79 Å². The Labute approximate surface area is 193 Å². The van der Waals surface area contributed by atoms with Gasteiger partial charge in [0.25, 0.3) is 0 Å². The van der Waals surface area contributed by atoms with Gasteiger partial charge in [-0.3, -0.25) is 0 Å². The number of benzene rings is 3. The van der Waals surface area contributed by atoms with E-state index in [1.165, 1.54) is 17.5 Å². The Balaban J connectivity index is 1.20. The Kier molecular flexibility index (Phi) is 5.86. The summed E-state index contributed by atoms with van der Waals surface area (Å²) in [6.45, 7) is 0.164. The lowest BCUT2D eigenvalue weighted by Gasteiger charge is -2.17. The summed E-state index contributed by atoms with van der Waals surface area (Å²) >= 11 is 0. The maximum absolute atomic E-state index is 12.5. The largest absolute Gasteiger partial charge is 0.480 e. The van der Waals surface area contributed by atoms with E-state index in [9.17, 15) is 14.7 Å². The molecule has 1 atom stereocenters. The third-order valence-corrected chi connectivity index (χ3v) is 6.82. The number of hydrogen-bond acceptors (Lipinski definition) is 3. The van der Waals surface area contributed by atoms with Crippen molar-refractivity contribution in [3.05, 3.63) is 94.5 Å². The van der Waals surface area contributed by atoms with Gasteiger partial charge in [0.05, 0.1) is 0 Å². The van der Waals surface area contributed by atoms with Crippen LogP contribution >= 0.6 is 0 Å². The second kappa shape index (κ2) is 9.10. The van der Waals surface area contributed by atoms with Gasteiger partial charge in [-0.15, -0.1) is 0 Å². The smallest absolute Gasteiger partial charge is 0.407 e. The van der Waals surface area contributed by atoms with Crippen molar-refractivity contribution >= 4 is 12.1 Å². The number of carbonyl (C=O) groups excluding carboxylic acids is 1. The molecule has 2 aliphatic carbocycles. The van der Waals surface area contributed by atoms with Gasteiger partial charge in [-0.25, -0.2) is 9.59 Å². The molecule has 0 radical (unpaired) electrons. The molecule has 0 saturated heterocycles. The summed E-state index contributed by atoms with van der Waals surface area (Å²) < 4.78 is 5.52. The van der Waals surface area contributed by atoms with Crippen LogP contribution in [0.3, 0.4) is 0 Å². The van der Waals surface area contributed by atoms with Crippen molar-refractivity contribution in [3.63, 3.8) is 0 Å². The van der Waals surface area contributed by atoms with E-state index in [-0.39, 0.29) is 12.5 Å². The summed E-state index contributed by atoms with van der Waals surface area (Å²) in [5.74, 6) is -1.11. The molecule has 3 aromatic carbocycles. The average molecular weight is 442 g/mol. The zero-order valence-electron chi connectivity index (χ0n) is 18.4. The molecule has 0 bridgehead atoms. The van der Waals surface area contributed by atoms with Gasteiger partial charge in [0.15, 0.2) is 0 Å². The molecule has 5 nitrogen and oxygen atoms in total. The summed E-state index contributed by atoms with van der Waals surface area (Å²) in [7, 11) is 0. The van der Waals surface area contributed by atoms with Crippen molar-refractivity contribution in [2.24, 2.45) is 0 Å². The fourth-order valence-corrected chi connectivity index (χ4v) is 5.13. The van der Waals surface area contributed by atoms with Gasteiger partial charge >= 0.3 is 12.1 Å². The standard InChI is InChI=1S/C28H27NO4/c30-27(31)26(15-13-18-12-14-19-6-5-7-20(19)16-18)29-28(32)33-17-25-23-10-3-1-8-21(23)22-9-2-4-11-24(22)25/h1-4,8-12,14,16,25-26H,5-7,13,15,17H2,(H,29,32)(H,30,31)/t26-/m0/s1. The van der Waals surface area contributed by atoms with Crippen LogP contribution in [0, 0.1) is 0 Å². The molecule has 168 valence electrons. The molecule has 33 heavy (non-hydrogen) atoms. The fourth-order valence-electron chi connectivity index (χ4n) is 5.13. The number of aryl methyl sites for hydroxylation is 3. The highest BCUT2D eigenvalue weighted by Crippen LogP contribution is 2.44. The molecule has 0 saturated carbocycles. The van der Waals surface area contributed by atoms with Crippen molar-refractivity contribution in [3.8, 4) is 11.1 Å². The number of carboxylic acid groups (broad SMARTS) is 1. The molecule has 3 aromatic rings. The van der Waals surface area contributed by atoms with Crippen LogP contribution in [0.5, 0.6) is 0 Å². The number of aliphatic carboxylic acids is 1. The van der Waals surface area contributed by atoms with Crippen LogP contribution in [-0.4, -0.2) is 29.8 Å². The number of carbonyl (C=O) groups is 2. The average Bonchev–Trinajstić information content (AvgIpc) is 3.42. The fraction of sp³-hybridized carbons (Fsp3) is 0.286. The second-order valence-corrected chi connectivity index (χ2v) is 8.86. The second-order valence-electron chi connectivity index (χ2n) is 8.86. The molecule has 1 amide bonds. The van der Waals surface area contributed by atoms with Crippen molar-refractivity contribution < 1.29 is 19.4 Å². The first-order valence-corrected chi connectivity index (χ1v) is 11.5. The molecule has 5 rings (SSSR count). The van der Waals surface area contributed by atoms with Gasteiger partial charge in [-0.1, -0.05) is 66.7 Å². The highest BCUT2D eigenvalue weighted by atomic mass is 16.5. The number of rotatable bonds is 7. The Morgan fingerprint density at radius 3 is 2.30 bits per heavy atom. The van der Waals surface area contributed by atoms with Crippen LogP contribution in [-0.2, 0) is 28.8 Å². The van der Waals surface area contributed by atoms with E-state index in [4.69, 9.17) is 4.74 Å². The number of nitrogens with one attached hydrogen (secondary N) is 1. The molecule has 0 unspecified atom stereocenters. The first-order chi connectivity index (χ1) is 16.1. The zero-order chi connectivity index (χ0) is 22.8. The van der Waals surface area contributed by atoms with Gasteiger partial charge in [-0.05, 0) is 71.0 Å². The lowest BCUT2D eigenvalue weighted by molar-refractivity contribution is -0.139. The van der Waals surface area contributed by atoms with E-state index in [2.05, 4.69) is 47.8 Å². The van der Waals surface area contributed by atoms with E-state index < -0.39 is 18.1 Å². The minimum atomic E-state index is -1.05. The van der Waals surface area contributed by atoms with E-state index >= 15 is 0 Å². The minimum absolute atomic E-state index is 0.0576. The van der Waals surface area contributed by atoms with Crippen LogP contribution in [0.2, 0.25) is 0 Å². The topological polar surface area (TPSA) is 75.6 Å². The Morgan fingerprint density at radius 2 is 1.61 bits per heavy atom. The minimum Gasteiger partial charge on any atom is -0.480 e. The summed E-state index contributed by atoms with van der Waals surface area (Å²) in [5.41, 5.74) is 8.42. The molecule has 0 spiro atoms. The summed E-state index contributed by atoms with van der Waals surface area (Å²) in [5, 5.41) is 12.2. The number of amides is 1. The molecule has 0 aromatic heterocycles. The number of alkyl carbamates (subject to hydrolysis) is 1. The number of fused-ring (bicyclic) bond motifs is 4. The number of ether oxygens (including phenoxy) is 1. The quantitative estimate of drug-likeness (QED) is 0.535. The van der Waals surface area contributed by atoms with E-state index in [1.54, 1.807) is 0 Å². The number of carboxylic acids is 1. The monoisotopic (exact) mass is 441 g/mol. The molecule has 5 heteroatoms. The number of hydrogen-bond donors (Lipinski definition) is 2. The van der Waals surface area contributed by atoms with E-state index in [0.717, 1.165) is 40.7 Å². The van der Waals surface area contributed by atoms with Crippen molar-refractivity contribution in [1.29, 1.82) is 0 Å². The first-order valence-electron chi connectivity index (χ1n) is 11.5. The predicted molar refractivity (Wildman–Crippen MR) is 126 cm³/mol. The third kappa shape index (κ3) is 4.36. The first kappa shape index (κ1) is 21.3. The maximum atomic E-state index is 12.5. The lowest BCUT2D eigenvalue weighted by atomic mass is 9.98. The van der Waals surface area contributed by atoms with Gasteiger partial charge < -0.3 is 15.2 Å². The molecular formula is C28H27NO4. The molecule has 2 aliphatic rings. The molecule has 0 aliphatic heterocycles. The van der Waals surface area contributed by atoms with Crippen molar-refractivity contribution in [2.75, 3.05) is 6.61 Å². The summed E-state index contributed by atoms with van der Waals surface area (Å²) in [6, 6.07) is 21.6. The maximum Gasteiger partial charge on any atom is 0.407 e. The van der Waals surface area contributed by atoms with Crippen molar-refractivity contribution in [1.82, 2.24) is 5.32 Å². The molecule has 2 N–H and O–H groups in total. The molecule has 0 fully saturated rings. The van der Waals surface area contributed by atoms with E-state index in [1.807, 2.05) is 24.3 Å². The van der Waals surface area contributed by atoms with Crippen LogP contribution in [0.1, 0.15) is 46.6 Å². The predicted octanol–water partition coefficient (Wildman–Crippen LogP) is 5.10. The summed E-state index contributed by atoms with van der Waals surface area (Å²) in [6.07, 6.45) is 3.60. The van der Waals surface area contributed by atoms with Crippen LogP contribution < -0.4 is 5.32 Å². The lowest BCUT2D eigenvalue weighted by Crippen LogP contribution is -2.41. The van der Waals surface area contributed by atoms with Gasteiger partial charge in [0.1, 0.15) is 12.6 Å². The normalized spacial score (nSPS) is 14.8. The highest BCUT2D eigenvalue weighted by molar-refractivity contribution is 5.81. The van der Waals surface area contributed by atoms with Gasteiger partial charge in [0.2, 0.25) is 0 Å². The Hall–Kier alpha value is -3.60.